The number of rotatable bonds is 8. The number of fused-ring (bicyclic) bond motifs is 1. The number of anilines is 1. The van der Waals surface area contributed by atoms with Gasteiger partial charge in [-0.1, -0.05) is 13.0 Å². The van der Waals surface area contributed by atoms with Gasteiger partial charge < -0.3 is 9.88 Å². The van der Waals surface area contributed by atoms with E-state index in [1.54, 1.807) is 43.2 Å². The van der Waals surface area contributed by atoms with E-state index in [1.807, 2.05) is 6.92 Å². The summed E-state index contributed by atoms with van der Waals surface area (Å²) in [5, 5.41) is 7.91. The van der Waals surface area contributed by atoms with E-state index in [4.69, 9.17) is 4.98 Å². The van der Waals surface area contributed by atoms with E-state index in [9.17, 15) is 13.2 Å². The van der Waals surface area contributed by atoms with Crippen molar-refractivity contribution in [1.29, 1.82) is 0 Å². The molecular weight excluding hydrogens is 538 g/mol. The molecule has 4 aromatic heterocycles. The number of benzene rings is 1. The number of alkyl halides is 3. The molecule has 9 nitrogen and oxygen atoms in total. The Morgan fingerprint density at radius 1 is 1.10 bits per heavy atom. The number of hydrogen-bond acceptors (Lipinski definition) is 7. The van der Waals surface area contributed by atoms with Gasteiger partial charge >= 0.3 is 6.18 Å². The van der Waals surface area contributed by atoms with E-state index < -0.39 is 17.7 Å². The highest BCUT2D eigenvalue weighted by Gasteiger charge is 2.35. The van der Waals surface area contributed by atoms with E-state index in [0.717, 1.165) is 36.0 Å². The fourth-order valence-corrected chi connectivity index (χ4v) is 4.83. The second-order valence-electron chi connectivity index (χ2n) is 10.3. The van der Waals surface area contributed by atoms with E-state index in [0.29, 0.717) is 35.2 Å². The molecule has 1 aliphatic carbocycles. The van der Waals surface area contributed by atoms with Gasteiger partial charge in [0.2, 0.25) is 0 Å². The van der Waals surface area contributed by atoms with Crippen LogP contribution in [0.15, 0.2) is 43.1 Å². The normalized spacial score (nSPS) is 13.9. The minimum Gasteiger partial charge on any atom is -0.363 e. The van der Waals surface area contributed by atoms with Crippen LogP contribution in [0.2, 0.25) is 0 Å². The Bertz CT molecular complexity index is 1730. The molecule has 0 amide bonds. The number of aryl methyl sites for hydroxylation is 1. The Hall–Kier alpha value is -4.42. The summed E-state index contributed by atoms with van der Waals surface area (Å²) in [5.41, 5.74) is 2.60. The second kappa shape index (κ2) is 10.2. The molecule has 0 atom stereocenters. The highest BCUT2D eigenvalue weighted by molar-refractivity contribution is 5.69. The Morgan fingerprint density at radius 3 is 2.59 bits per heavy atom. The van der Waals surface area contributed by atoms with Crippen molar-refractivity contribution >= 4 is 11.5 Å². The van der Waals surface area contributed by atoms with Gasteiger partial charge in [0.05, 0.1) is 22.5 Å². The summed E-state index contributed by atoms with van der Waals surface area (Å²) in [4.78, 5) is 21.9. The lowest BCUT2D eigenvalue weighted by Crippen LogP contribution is -2.10. The predicted molar refractivity (Wildman–Crippen MR) is 143 cm³/mol. The van der Waals surface area contributed by atoms with Gasteiger partial charge in [-0.25, -0.2) is 33.8 Å². The van der Waals surface area contributed by atoms with Gasteiger partial charge in [0, 0.05) is 37.1 Å². The summed E-state index contributed by atoms with van der Waals surface area (Å²) in [5.74, 6) is 0.522. The zero-order valence-electron chi connectivity index (χ0n) is 22.6. The smallest absolute Gasteiger partial charge is 0.363 e. The van der Waals surface area contributed by atoms with Crippen molar-refractivity contribution in [3.63, 3.8) is 0 Å². The number of hydrogen-bond donors (Lipinski definition) is 1. The lowest BCUT2D eigenvalue weighted by Gasteiger charge is -2.14. The number of halogens is 4. The van der Waals surface area contributed by atoms with E-state index in [2.05, 4.69) is 30.4 Å². The van der Waals surface area contributed by atoms with Gasteiger partial charge in [0.15, 0.2) is 23.0 Å². The zero-order chi connectivity index (χ0) is 28.9. The third-order valence-corrected chi connectivity index (χ3v) is 7.04. The molecule has 212 valence electrons. The summed E-state index contributed by atoms with van der Waals surface area (Å²) < 4.78 is 58.2. The van der Waals surface area contributed by atoms with Crippen LogP contribution in [0.5, 0.6) is 0 Å². The number of aromatic nitrogens is 8. The fraction of sp³-hybridized carbons (Fsp3) is 0.357. The summed E-state index contributed by atoms with van der Waals surface area (Å²) in [7, 11) is 0. The summed E-state index contributed by atoms with van der Waals surface area (Å²) in [6.45, 7) is 5.64. The van der Waals surface area contributed by atoms with Crippen molar-refractivity contribution in [1.82, 2.24) is 39.1 Å². The van der Waals surface area contributed by atoms with Crippen molar-refractivity contribution in [3.05, 3.63) is 71.6 Å². The van der Waals surface area contributed by atoms with Crippen molar-refractivity contribution in [2.45, 2.75) is 64.7 Å². The molecule has 0 bridgehead atoms. The molecule has 1 aromatic carbocycles. The minimum absolute atomic E-state index is 0.0123. The molecule has 13 heteroatoms. The van der Waals surface area contributed by atoms with Gasteiger partial charge in [-0.05, 0) is 50.8 Å². The largest absolute Gasteiger partial charge is 0.434 e. The van der Waals surface area contributed by atoms with Crippen molar-refractivity contribution in [2.75, 3.05) is 5.32 Å². The molecule has 0 spiro atoms. The van der Waals surface area contributed by atoms with Crippen LogP contribution in [0.3, 0.4) is 0 Å². The monoisotopic (exact) mass is 565 g/mol. The molecule has 5 aromatic rings. The zero-order valence-corrected chi connectivity index (χ0v) is 22.6. The van der Waals surface area contributed by atoms with Crippen LogP contribution in [-0.2, 0) is 19.1 Å². The summed E-state index contributed by atoms with van der Waals surface area (Å²) >= 11 is 0. The van der Waals surface area contributed by atoms with Crippen LogP contribution in [-0.4, -0.2) is 39.1 Å². The van der Waals surface area contributed by atoms with Crippen molar-refractivity contribution in [3.8, 4) is 22.8 Å². The molecule has 0 aliphatic heterocycles. The Morgan fingerprint density at radius 2 is 1.90 bits per heavy atom. The van der Waals surface area contributed by atoms with E-state index in [-0.39, 0.29) is 24.0 Å². The maximum atomic E-state index is 15.3. The fourth-order valence-electron chi connectivity index (χ4n) is 4.83. The predicted octanol–water partition coefficient (Wildman–Crippen LogP) is 6.24. The van der Waals surface area contributed by atoms with Crippen LogP contribution in [0.4, 0.5) is 23.4 Å². The quantitative estimate of drug-likeness (QED) is 0.223. The molecule has 4 heterocycles. The molecular formula is C28H27F4N9. The summed E-state index contributed by atoms with van der Waals surface area (Å²) in [6, 6.07) is 4.03. The minimum atomic E-state index is -4.63. The average Bonchev–Trinajstić information content (AvgIpc) is 3.49. The van der Waals surface area contributed by atoms with Gasteiger partial charge in [0.25, 0.3) is 0 Å². The molecule has 1 saturated carbocycles. The Balaban J connectivity index is 1.31. The lowest BCUT2D eigenvalue weighted by molar-refractivity contribution is -0.140. The van der Waals surface area contributed by atoms with E-state index >= 15 is 4.39 Å². The molecule has 6 rings (SSSR count). The van der Waals surface area contributed by atoms with Gasteiger partial charge in [-0.2, -0.15) is 13.2 Å². The first-order valence-corrected chi connectivity index (χ1v) is 13.4. The molecule has 1 aliphatic rings. The first kappa shape index (κ1) is 26.8. The number of nitrogens with zero attached hydrogens (tertiary/aromatic N) is 8. The summed E-state index contributed by atoms with van der Waals surface area (Å²) in [6.07, 6.45) is 4.00. The van der Waals surface area contributed by atoms with Crippen LogP contribution in [0, 0.1) is 5.82 Å². The average molecular weight is 566 g/mol. The highest BCUT2D eigenvalue weighted by atomic mass is 19.4. The third-order valence-electron chi connectivity index (χ3n) is 7.04. The van der Waals surface area contributed by atoms with Gasteiger partial charge in [-0.3, -0.25) is 0 Å². The molecule has 0 saturated heterocycles. The van der Waals surface area contributed by atoms with Crippen molar-refractivity contribution in [2.24, 2.45) is 0 Å². The van der Waals surface area contributed by atoms with Crippen LogP contribution < -0.4 is 5.32 Å². The van der Waals surface area contributed by atoms with Gasteiger partial charge in [-0.15, -0.1) is 5.10 Å². The standard InChI is InChI=1S/C28H27F4N9/c1-4-20-22(23(17-6-7-17)36-14-35-20)24-38-25(27-33-9-10-41(27)39-24)34-12-16-5-8-18(19(29)11-16)26-37-21(28(30,31)32)13-40(26)15(2)3/h5,8-11,13-15,17H,4,6-7,12H2,1-3H3,(H,34,38,39). The molecule has 0 radical (unpaired) electrons. The highest BCUT2D eigenvalue weighted by Crippen LogP contribution is 2.43. The third kappa shape index (κ3) is 5.11. The first-order valence-electron chi connectivity index (χ1n) is 13.4. The van der Waals surface area contributed by atoms with Crippen molar-refractivity contribution < 1.29 is 17.6 Å². The Kier molecular flexibility index (Phi) is 6.66. The maximum absolute atomic E-state index is 15.3. The van der Waals surface area contributed by atoms with Crippen LogP contribution >= 0.6 is 0 Å². The molecule has 41 heavy (non-hydrogen) atoms. The second-order valence-corrected chi connectivity index (χ2v) is 10.3. The number of nitrogens with one attached hydrogen (secondary N) is 1. The maximum Gasteiger partial charge on any atom is 0.434 e. The SMILES string of the molecule is CCc1ncnc(C2CC2)c1-c1nc(NCc2ccc(-c3nc(C(F)(F)F)cn3C(C)C)c(F)c2)c2nccn2n1. The van der Waals surface area contributed by atoms with Gasteiger partial charge in [0.1, 0.15) is 18.0 Å². The van der Waals surface area contributed by atoms with Crippen LogP contribution in [0.25, 0.3) is 28.4 Å². The molecule has 1 fully saturated rings. The molecule has 0 unspecified atom stereocenters. The van der Waals surface area contributed by atoms with Crippen LogP contribution in [0.1, 0.15) is 68.2 Å². The topological polar surface area (TPSA) is 98.7 Å². The van der Waals surface area contributed by atoms with E-state index in [1.165, 1.54) is 16.7 Å². The number of imidazole rings is 2. The lowest BCUT2D eigenvalue weighted by atomic mass is 10.1. The first-order chi connectivity index (χ1) is 19.6. The Labute approximate surface area is 232 Å². The molecule has 1 N–H and O–H groups in total.